The fourth-order valence-electron chi connectivity index (χ4n) is 1.93. The second-order valence-electron chi connectivity index (χ2n) is 4.98. The Hall–Kier alpha value is -1.89. The van der Waals surface area contributed by atoms with Crippen LogP contribution in [0, 0.1) is 0 Å². The number of nitrogens with zero attached hydrogens (tertiary/aromatic N) is 1. The predicted octanol–water partition coefficient (Wildman–Crippen LogP) is 0.828. The molecular weight excluding hydrogens is 282 g/mol. The van der Waals surface area contributed by atoms with Crippen molar-refractivity contribution >= 4 is 21.7 Å². The van der Waals surface area contributed by atoms with Crippen molar-refractivity contribution in [3.05, 3.63) is 29.8 Å². The van der Waals surface area contributed by atoms with Gasteiger partial charge in [-0.2, -0.15) is 0 Å². The van der Waals surface area contributed by atoms with Gasteiger partial charge in [0.25, 0.3) is 15.9 Å². The zero-order valence-electron chi connectivity index (χ0n) is 11.4. The topological polar surface area (TPSA) is 80.8 Å². The van der Waals surface area contributed by atoms with Crippen LogP contribution in [0.25, 0.3) is 0 Å². The van der Waals surface area contributed by atoms with Crippen molar-refractivity contribution in [2.45, 2.75) is 18.6 Å². The number of rotatable bonds is 4. The van der Waals surface area contributed by atoms with Crippen LogP contribution in [-0.4, -0.2) is 42.8 Å². The van der Waals surface area contributed by atoms with E-state index in [1.165, 1.54) is 27.0 Å². The van der Waals surface area contributed by atoms with Crippen molar-refractivity contribution in [2.24, 2.45) is 0 Å². The molecule has 6 nitrogen and oxygen atoms in total. The number of ketones is 1. The summed E-state index contributed by atoms with van der Waals surface area (Å²) in [6.45, 7) is 2.19. The number of carbonyl (C=O) groups is 2. The van der Waals surface area contributed by atoms with Crippen LogP contribution in [-0.2, 0) is 14.8 Å². The quantitative estimate of drug-likeness (QED) is 0.769. The minimum Gasteiger partial charge on any atom is -0.497 e. The summed E-state index contributed by atoms with van der Waals surface area (Å²) >= 11 is 0. The molecule has 0 aliphatic carbocycles. The Kier molecular flexibility index (Phi) is 3.33. The first-order valence-electron chi connectivity index (χ1n) is 5.96. The Bertz CT molecular complexity index is 678. The van der Waals surface area contributed by atoms with Crippen LogP contribution in [0.4, 0.5) is 0 Å². The van der Waals surface area contributed by atoms with E-state index < -0.39 is 33.0 Å². The van der Waals surface area contributed by atoms with Gasteiger partial charge in [0.05, 0.1) is 7.11 Å². The van der Waals surface area contributed by atoms with Crippen LogP contribution in [0.15, 0.2) is 24.3 Å². The van der Waals surface area contributed by atoms with E-state index in [0.29, 0.717) is 15.6 Å². The molecule has 108 valence electrons. The maximum absolute atomic E-state index is 12.0. The summed E-state index contributed by atoms with van der Waals surface area (Å²) in [7, 11) is -2.27. The van der Waals surface area contributed by atoms with Crippen molar-refractivity contribution < 1.29 is 22.7 Å². The molecule has 1 heterocycles. The van der Waals surface area contributed by atoms with Crippen LogP contribution in [0.1, 0.15) is 24.2 Å². The largest absolute Gasteiger partial charge is 0.497 e. The number of methoxy groups -OCH3 is 1. The van der Waals surface area contributed by atoms with Gasteiger partial charge in [-0.05, 0) is 26.0 Å². The molecule has 0 spiro atoms. The van der Waals surface area contributed by atoms with Gasteiger partial charge in [0.1, 0.15) is 12.3 Å². The third-order valence-electron chi connectivity index (χ3n) is 3.36. The van der Waals surface area contributed by atoms with E-state index in [-0.39, 0.29) is 0 Å². The van der Waals surface area contributed by atoms with Gasteiger partial charge in [0, 0.05) is 5.56 Å². The molecule has 2 rings (SSSR count). The molecular formula is C13H15NO5S. The number of carbonyl (C=O) groups excluding carboxylic acids is 2. The van der Waals surface area contributed by atoms with E-state index in [2.05, 4.69) is 0 Å². The van der Waals surface area contributed by atoms with Crippen molar-refractivity contribution in [2.75, 3.05) is 13.7 Å². The monoisotopic (exact) mass is 297 g/mol. The lowest BCUT2D eigenvalue weighted by atomic mass is 10.1. The molecule has 0 radical (unpaired) electrons. The Balaban J connectivity index is 2.19. The summed E-state index contributed by atoms with van der Waals surface area (Å²) in [5.74, 6) is -0.515. The van der Waals surface area contributed by atoms with E-state index in [4.69, 9.17) is 4.74 Å². The van der Waals surface area contributed by atoms with Gasteiger partial charge >= 0.3 is 0 Å². The van der Waals surface area contributed by atoms with Gasteiger partial charge in [0.15, 0.2) is 10.5 Å². The molecule has 1 aromatic carbocycles. The highest BCUT2D eigenvalue weighted by molar-refractivity contribution is 7.94. The van der Waals surface area contributed by atoms with Gasteiger partial charge in [-0.25, -0.2) is 12.7 Å². The molecule has 1 aliphatic rings. The van der Waals surface area contributed by atoms with Crippen molar-refractivity contribution in [3.63, 3.8) is 0 Å². The zero-order chi connectivity index (χ0) is 15.1. The van der Waals surface area contributed by atoms with Gasteiger partial charge in [-0.3, -0.25) is 9.59 Å². The first-order chi connectivity index (χ1) is 9.21. The van der Waals surface area contributed by atoms with E-state index in [1.807, 2.05) is 0 Å². The lowest BCUT2D eigenvalue weighted by Crippen LogP contribution is -2.68. The Labute approximate surface area is 117 Å². The predicted molar refractivity (Wildman–Crippen MR) is 72.0 cm³/mol. The number of amides is 1. The highest BCUT2D eigenvalue weighted by Gasteiger charge is 2.60. The normalized spacial score (nSPS) is 19.4. The first kappa shape index (κ1) is 14.5. The Morgan fingerprint density at radius 2 is 2.00 bits per heavy atom. The van der Waals surface area contributed by atoms with Gasteiger partial charge in [-0.1, -0.05) is 12.1 Å². The molecule has 0 bridgehead atoms. The zero-order valence-corrected chi connectivity index (χ0v) is 12.2. The van der Waals surface area contributed by atoms with E-state index in [0.717, 1.165) is 0 Å². The molecule has 0 atom stereocenters. The number of hydrogen-bond acceptors (Lipinski definition) is 5. The number of benzene rings is 1. The third-order valence-corrected chi connectivity index (χ3v) is 5.70. The maximum Gasteiger partial charge on any atom is 0.259 e. The standard InChI is InChI=1S/C13H15NO5S/c1-13(2)12(16)14(20(13,17)18)8-11(15)9-5-4-6-10(7-9)19-3/h4-7H,8H2,1-3H3. The molecule has 7 heteroatoms. The molecule has 1 aliphatic heterocycles. The highest BCUT2D eigenvalue weighted by Crippen LogP contribution is 2.34. The smallest absolute Gasteiger partial charge is 0.259 e. The molecule has 0 unspecified atom stereocenters. The molecule has 0 N–H and O–H groups in total. The number of ether oxygens (including phenoxy) is 1. The SMILES string of the molecule is COc1cccc(C(=O)CN2C(=O)C(C)(C)S2(=O)=O)c1. The molecule has 1 aromatic rings. The highest BCUT2D eigenvalue weighted by atomic mass is 32.2. The van der Waals surface area contributed by atoms with Crippen molar-refractivity contribution in [1.29, 1.82) is 0 Å². The summed E-state index contributed by atoms with van der Waals surface area (Å²) in [6, 6.07) is 6.35. The minimum absolute atomic E-state index is 0.303. The summed E-state index contributed by atoms with van der Waals surface area (Å²) in [6.07, 6.45) is 0. The van der Waals surface area contributed by atoms with Crippen LogP contribution >= 0.6 is 0 Å². The lowest BCUT2D eigenvalue weighted by molar-refractivity contribution is -0.131. The molecule has 1 amide bonds. The average Bonchev–Trinajstić information content (AvgIpc) is 2.43. The van der Waals surface area contributed by atoms with Crippen LogP contribution in [0.5, 0.6) is 5.75 Å². The molecule has 1 saturated heterocycles. The summed E-state index contributed by atoms with van der Waals surface area (Å²) < 4.78 is 28.0. The maximum atomic E-state index is 12.0. The van der Waals surface area contributed by atoms with E-state index >= 15 is 0 Å². The van der Waals surface area contributed by atoms with Crippen LogP contribution in [0.2, 0.25) is 0 Å². The lowest BCUT2D eigenvalue weighted by Gasteiger charge is -2.42. The third kappa shape index (κ3) is 1.98. The summed E-state index contributed by atoms with van der Waals surface area (Å²) in [5.41, 5.74) is 0.303. The fourth-order valence-corrected chi connectivity index (χ4v) is 3.41. The first-order valence-corrected chi connectivity index (χ1v) is 7.40. The second-order valence-corrected chi connectivity index (χ2v) is 7.39. The number of hydrogen-bond donors (Lipinski definition) is 0. The second kappa shape index (κ2) is 4.59. The minimum atomic E-state index is -3.74. The fraction of sp³-hybridized carbons (Fsp3) is 0.385. The van der Waals surface area contributed by atoms with Gasteiger partial charge in [-0.15, -0.1) is 0 Å². The molecule has 1 fully saturated rings. The van der Waals surface area contributed by atoms with Crippen molar-refractivity contribution in [3.8, 4) is 5.75 Å². The number of Topliss-reactive ketones (excluding diaryl/α,β-unsaturated/α-hetero) is 1. The summed E-state index contributed by atoms with van der Waals surface area (Å²) in [4.78, 5) is 23.8. The Morgan fingerprint density at radius 3 is 2.55 bits per heavy atom. The van der Waals surface area contributed by atoms with Gasteiger partial charge in [0.2, 0.25) is 0 Å². The Morgan fingerprint density at radius 1 is 1.35 bits per heavy atom. The van der Waals surface area contributed by atoms with Crippen LogP contribution < -0.4 is 4.74 Å². The van der Waals surface area contributed by atoms with E-state index in [9.17, 15) is 18.0 Å². The molecule has 0 saturated carbocycles. The number of sulfonamides is 1. The van der Waals surface area contributed by atoms with Gasteiger partial charge < -0.3 is 4.74 Å². The molecule has 0 aromatic heterocycles. The average molecular weight is 297 g/mol. The van der Waals surface area contributed by atoms with Crippen LogP contribution in [0.3, 0.4) is 0 Å². The van der Waals surface area contributed by atoms with Crippen molar-refractivity contribution in [1.82, 2.24) is 4.31 Å². The molecule has 20 heavy (non-hydrogen) atoms. The van der Waals surface area contributed by atoms with E-state index in [1.54, 1.807) is 18.2 Å². The summed E-state index contributed by atoms with van der Waals surface area (Å²) in [5, 5.41) is 0.